The number of anilines is 1. The molecule has 1 aliphatic heterocycles. The highest BCUT2D eigenvalue weighted by Gasteiger charge is 2.37. The highest BCUT2D eigenvalue weighted by atomic mass is 32.2. The molecule has 3 heteroatoms. The lowest BCUT2D eigenvalue weighted by atomic mass is 9.62. The summed E-state index contributed by atoms with van der Waals surface area (Å²) in [6.07, 6.45) is 4.75. The quantitative estimate of drug-likeness (QED) is 0.595. The van der Waals surface area contributed by atoms with Gasteiger partial charge in [0.25, 0.3) is 0 Å². The Hall–Kier alpha value is -1.71. The van der Waals surface area contributed by atoms with Gasteiger partial charge in [-0.15, -0.1) is 11.8 Å². The molecule has 0 bridgehead atoms. The van der Waals surface area contributed by atoms with E-state index in [1.165, 1.54) is 45.6 Å². The van der Waals surface area contributed by atoms with Crippen molar-refractivity contribution in [1.29, 1.82) is 0 Å². The Kier molecular flexibility index (Phi) is 4.87. The van der Waals surface area contributed by atoms with E-state index in [0.717, 1.165) is 23.7 Å². The third kappa shape index (κ3) is 3.51. The Balaban J connectivity index is 1.85. The van der Waals surface area contributed by atoms with E-state index in [4.69, 9.17) is 5.73 Å². The topological polar surface area (TPSA) is 38.0 Å². The third-order valence-electron chi connectivity index (χ3n) is 6.55. The first-order valence-corrected chi connectivity index (χ1v) is 11.3. The average Bonchev–Trinajstić information content (AvgIpc) is 3.14. The zero-order valence-electron chi connectivity index (χ0n) is 17.8. The fourth-order valence-corrected chi connectivity index (χ4v) is 5.37. The van der Waals surface area contributed by atoms with Crippen LogP contribution >= 0.6 is 11.8 Å². The predicted molar refractivity (Wildman–Crippen MR) is 125 cm³/mol. The molecule has 1 fully saturated rings. The Morgan fingerprint density at radius 2 is 1.64 bits per heavy atom. The standard InChI is InChI=1S/C25H32N2S/c1-16-10-21-22(25(4,5)9-8-24(21,2)3)13-19(16)20-12-17(6-7-23(20)26)11-18-14-27-15-28-18/h6-7,10-13,27H,8-9,14-15,26H2,1-5H3. The molecule has 2 nitrogen and oxygen atoms in total. The minimum Gasteiger partial charge on any atom is -0.398 e. The molecule has 3 N–H and O–H groups in total. The normalized spacial score (nSPS) is 21.7. The predicted octanol–water partition coefficient (Wildman–Crippen LogP) is 6.23. The fraction of sp³-hybridized carbons (Fsp3) is 0.440. The molecular formula is C25H32N2S. The number of nitrogen functional groups attached to an aromatic ring is 1. The van der Waals surface area contributed by atoms with Gasteiger partial charge in [-0.25, -0.2) is 0 Å². The van der Waals surface area contributed by atoms with Gasteiger partial charge < -0.3 is 11.1 Å². The second-order valence-electron chi connectivity index (χ2n) is 9.65. The number of thioether (sulfide) groups is 1. The zero-order valence-corrected chi connectivity index (χ0v) is 18.6. The molecule has 0 saturated carbocycles. The lowest BCUT2D eigenvalue weighted by Gasteiger charge is -2.42. The maximum Gasteiger partial charge on any atom is 0.0465 e. The van der Waals surface area contributed by atoms with Crippen LogP contribution in [0.2, 0.25) is 0 Å². The summed E-state index contributed by atoms with van der Waals surface area (Å²) >= 11 is 1.88. The van der Waals surface area contributed by atoms with E-state index in [-0.39, 0.29) is 10.8 Å². The smallest absolute Gasteiger partial charge is 0.0465 e. The van der Waals surface area contributed by atoms with Gasteiger partial charge in [0, 0.05) is 28.6 Å². The molecule has 0 spiro atoms. The number of nitrogens with two attached hydrogens (primary N) is 1. The van der Waals surface area contributed by atoms with E-state index in [9.17, 15) is 0 Å². The first-order chi connectivity index (χ1) is 13.2. The molecule has 1 aliphatic carbocycles. The van der Waals surface area contributed by atoms with Crippen molar-refractivity contribution in [2.75, 3.05) is 18.2 Å². The van der Waals surface area contributed by atoms with Crippen LogP contribution in [0, 0.1) is 6.92 Å². The monoisotopic (exact) mass is 392 g/mol. The zero-order chi connectivity index (χ0) is 20.1. The fourth-order valence-electron chi connectivity index (χ4n) is 4.56. The van der Waals surface area contributed by atoms with Gasteiger partial charge in [-0.1, -0.05) is 39.8 Å². The molecule has 0 amide bonds. The Morgan fingerprint density at radius 3 is 2.29 bits per heavy atom. The molecule has 2 aromatic rings. The van der Waals surface area contributed by atoms with Gasteiger partial charge in [0.15, 0.2) is 0 Å². The SMILES string of the molecule is Cc1cc2c(cc1-c1cc(C=C3CNCS3)ccc1N)C(C)(C)CCC2(C)C. The minimum atomic E-state index is 0.202. The van der Waals surface area contributed by atoms with Crippen LogP contribution in [-0.4, -0.2) is 12.4 Å². The van der Waals surface area contributed by atoms with Crippen LogP contribution in [0.5, 0.6) is 0 Å². The van der Waals surface area contributed by atoms with Crippen molar-refractivity contribution in [2.24, 2.45) is 0 Å². The lowest BCUT2D eigenvalue weighted by Crippen LogP contribution is -2.34. The minimum absolute atomic E-state index is 0.202. The molecule has 148 valence electrons. The van der Waals surface area contributed by atoms with E-state index in [1.54, 1.807) is 0 Å². The molecule has 0 aromatic heterocycles. The number of hydrogen-bond donors (Lipinski definition) is 2. The summed E-state index contributed by atoms with van der Waals surface area (Å²) in [6.45, 7) is 12.7. The van der Waals surface area contributed by atoms with Crippen molar-refractivity contribution in [3.63, 3.8) is 0 Å². The number of benzene rings is 2. The molecule has 28 heavy (non-hydrogen) atoms. The Labute approximate surface area is 174 Å². The van der Waals surface area contributed by atoms with Crippen LogP contribution in [0.3, 0.4) is 0 Å². The van der Waals surface area contributed by atoms with E-state index < -0.39 is 0 Å². The van der Waals surface area contributed by atoms with Crippen molar-refractivity contribution >= 4 is 23.5 Å². The van der Waals surface area contributed by atoms with Crippen molar-refractivity contribution < 1.29 is 0 Å². The molecule has 1 saturated heterocycles. The Bertz CT molecular complexity index is 945. The first kappa shape index (κ1) is 19.6. The molecule has 0 radical (unpaired) electrons. The van der Waals surface area contributed by atoms with Gasteiger partial charge in [-0.05, 0) is 82.7 Å². The van der Waals surface area contributed by atoms with Gasteiger partial charge in [0.05, 0.1) is 0 Å². The third-order valence-corrected chi connectivity index (χ3v) is 7.53. The number of fused-ring (bicyclic) bond motifs is 1. The summed E-state index contributed by atoms with van der Waals surface area (Å²) < 4.78 is 0. The summed E-state index contributed by atoms with van der Waals surface area (Å²) in [5, 5.41) is 3.38. The van der Waals surface area contributed by atoms with E-state index in [0.29, 0.717) is 0 Å². The summed E-state index contributed by atoms with van der Waals surface area (Å²) in [7, 11) is 0. The van der Waals surface area contributed by atoms with Crippen LogP contribution < -0.4 is 11.1 Å². The lowest BCUT2D eigenvalue weighted by molar-refractivity contribution is 0.332. The van der Waals surface area contributed by atoms with E-state index in [2.05, 4.69) is 76.3 Å². The van der Waals surface area contributed by atoms with Crippen LogP contribution in [0.25, 0.3) is 17.2 Å². The molecular weight excluding hydrogens is 360 g/mol. The average molecular weight is 393 g/mol. The second kappa shape index (κ2) is 6.96. The van der Waals surface area contributed by atoms with Crippen LogP contribution in [0.1, 0.15) is 62.8 Å². The highest BCUT2D eigenvalue weighted by molar-refractivity contribution is 8.03. The number of aryl methyl sites for hydroxylation is 1. The second-order valence-corrected chi connectivity index (χ2v) is 10.8. The van der Waals surface area contributed by atoms with Crippen LogP contribution in [0.4, 0.5) is 5.69 Å². The van der Waals surface area contributed by atoms with Crippen molar-refractivity contribution in [3.05, 3.63) is 57.5 Å². The molecule has 0 atom stereocenters. The van der Waals surface area contributed by atoms with Gasteiger partial charge in [0.2, 0.25) is 0 Å². The van der Waals surface area contributed by atoms with Gasteiger partial charge in [-0.3, -0.25) is 0 Å². The molecule has 0 unspecified atom stereocenters. The maximum absolute atomic E-state index is 6.46. The maximum atomic E-state index is 6.46. The largest absolute Gasteiger partial charge is 0.398 e. The number of nitrogens with one attached hydrogen (secondary N) is 1. The van der Waals surface area contributed by atoms with Crippen molar-refractivity contribution in [2.45, 2.75) is 58.3 Å². The van der Waals surface area contributed by atoms with Gasteiger partial charge in [0.1, 0.15) is 0 Å². The summed E-state index contributed by atoms with van der Waals surface area (Å²) in [5.41, 5.74) is 15.7. The highest BCUT2D eigenvalue weighted by Crippen LogP contribution is 2.48. The van der Waals surface area contributed by atoms with E-state index in [1.807, 2.05) is 11.8 Å². The molecule has 2 aliphatic rings. The van der Waals surface area contributed by atoms with Gasteiger partial charge >= 0.3 is 0 Å². The molecule has 2 aromatic carbocycles. The number of hydrogen-bond acceptors (Lipinski definition) is 3. The van der Waals surface area contributed by atoms with Crippen LogP contribution in [-0.2, 0) is 10.8 Å². The Morgan fingerprint density at radius 1 is 0.964 bits per heavy atom. The van der Waals surface area contributed by atoms with Crippen molar-refractivity contribution in [1.82, 2.24) is 5.32 Å². The van der Waals surface area contributed by atoms with Crippen molar-refractivity contribution in [3.8, 4) is 11.1 Å². The van der Waals surface area contributed by atoms with E-state index >= 15 is 0 Å². The summed E-state index contributed by atoms with van der Waals surface area (Å²) in [4.78, 5) is 1.39. The summed E-state index contributed by atoms with van der Waals surface area (Å²) in [5.74, 6) is 1.00. The summed E-state index contributed by atoms with van der Waals surface area (Å²) in [6, 6.07) is 11.3. The number of rotatable bonds is 2. The molecule has 4 rings (SSSR count). The van der Waals surface area contributed by atoms with Crippen LogP contribution in [0.15, 0.2) is 35.2 Å². The van der Waals surface area contributed by atoms with Gasteiger partial charge in [-0.2, -0.15) is 0 Å². The first-order valence-electron chi connectivity index (χ1n) is 10.3. The molecule has 1 heterocycles.